The minimum absolute atomic E-state index is 0.103. The second kappa shape index (κ2) is 6.09. The van der Waals surface area contributed by atoms with Crippen molar-refractivity contribution in [3.8, 4) is 0 Å². The molecule has 1 aliphatic carbocycles. The van der Waals surface area contributed by atoms with E-state index in [9.17, 15) is 4.79 Å². The number of nitrogens with zero attached hydrogens (tertiary/aromatic N) is 1. The summed E-state index contributed by atoms with van der Waals surface area (Å²) in [6.07, 6.45) is 8.38. The first-order valence-electron chi connectivity index (χ1n) is 7.17. The molecular formula is C16H23NO2. The number of amides is 1. The highest BCUT2D eigenvalue weighted by molar-refractivity contribution is 5.92. The number of carbonyl (C=O) groups excluding carboxylic acids is 1. The van der Waals surface area contributed by atoms with Crippen LogP contribution in [-0.2, 0) is 4.79 Å². The van der Waals surface area contributed by atoms with E-state index in [1.807, 2.05) is 17.0 Å². The van der Waals surface area contributed by atoms with Gasteiger partial charge in [0.15, 0.2) is 0 Å². The second-order valence-electron chi connectivity index (χ2n) is 5.45. The van der Waals surface area contributed by atoms with Gasteiger partial charge in [-0.1, -0.05) is 20.3 Å². The van der Waals surface area contributed by atoms with E-state index in [1.54, 1.807) is 18.4 Å². The van der Waals surface area contributed by atoms with Gasteiger partial charge in [-0.15, -0.1) is 0 Å². The lowest BCUT2D eigenvalue weighted by Crippen LogP contribution is -2.42. The largest absolute Gasteiger partial charge is 0.465 e. The summed E-state index contributed by atoms with van der Waals surface area (Å²) in [4.78, 5) is 14.4. The molecule has 0 N–H and O–H groups in total. The fraction of sp³-hybridized carbons (Fsp3) is 0.562. The van der Waals surface area contributed by atoms with Crippen LogP contribution in [0.5, 0.6) is 0 Å². The Balaban J connectivity index is 2.04. The molecule has 0 radical (unpaired) electrons. The van der Waals surface area contributed by atoms with Crippen LogP contribution in [0.25, 0.3) is 6.08 Å². The van der Waals surface area contributed by atoms with Crippen molar-refractivity contribution in [1.29, 1.82) is 0 Å². The maximum absolute atomic E-state index is 12.4. The van der Waals surface area contributed by atoms with Crippen molar-refractivity contribution in [1.82, 2.24) is 4.90 Å². The first-order valence-corrected chi connectivity index (χ1v) is 7.17. The van der Waals surface area contributed by atoms with Gasteiger partial charge in [-0.2, -0.15) is 0 Å². The summed E-state index contributed by atoms with van der Waals surface area (Å²) >= 11 is 0. The van der Waals surface area contributed by atoms with Gasteiger partial charge in [-0.25, -0.2) is 0 Å². The van der Waals surface area contributed by atoms with Crippen LogP contribution in [0.2, 0.25) is 0 Å². The Morgan fingerprint density at radius 2 is 2.26 bits per heavy atom. The van der Waals surface area contributed by atoms with Gasteiger partial charge in [-0.05, 0) is 43.9 Å². The maximum atomic E-state index is 12.4. The molecule has 1 amide bonds. The van der Waals surface area contributed by atoms with Gasteiger partial charge in [0.05, 0.1) is 6.26 Å². The number of furan rings is 1. The minimum atomic E-state index is 0.103. The van der Waals surface area contributed by atoms with E-state index in [2.05, 4.69) is 20.8 Å². The Morgan fingerprint density at radius 3 is 2.79 bits per heavy atom. The van der Waals surface area contributed by atoms with Gasteiger partial charge >= 0.3 is 0 Å². The Labute approximate surface area is 115 Å². The predicted octanol–water partition coefficient (Wildman–Crippen LogP) is 3.72. The average molecular weight is 261 g/mol. The summed E-state index contributed by atoms with van der Waals surface area (Å²) in [5.41, 5.74) is 0. The Hall–Kier alpha value is -1.51. The second-order valence-corrected chi connectivity index (χ2v) is 5.45. The van der Waals surface area contributed by atoms with Gasteiger partial charge in [0.1, 0.15) is 5.76 Å². The molecule has 1 heterocycles. The van der Waals surface area contributed by atoms with E-state index in [4.69, 9.17) is 4.42 Å². The van der Waals surface area contributed by atoms with E-state index in [1.165, 1.54) is 0 Å². The van der Waals surface area contributed by atoms with E-state index in [0.29, 0.717) is 18.0 Å². The third-order valence-electron chi connectivity index (χ3n) is 4.03. The van der Waals surface area contributed by atoms with Crippen LogP contribution < -0.4 is 0 Å². The molecule has 1 aromatic heterocycles. The zero-order valence-electron chi connectivity index (χ0n) is 12.0. The van der Waals surface area contributed by atoms with Gasteiger partial charge in [0.2, 0.25) is 5.91 Å². The molecule has 1 fully saturated rings. The SMILES string of the molecule is CCC(C)C(C)N(C(=O)C=Cc1ccco1)C1CC1. The average Bonchev–Trinajstić information content (AvgIpc) is 3.10. The molecule has 0 spiro atoms. The first-order chi connectivity index (χ1) is 9.13. The van der Waals surface area contributed by atoms with Gasteiger partial charge in [0, 0.05) is 18.2 Å². The molecule has 1 aliphatic rings. The van der Waals surface area contributed by atoms with Crippen molar-refractivity contribution in [2.24, 2.45) is 5.92 Å². The highest BCUT2D eigenvalue weighted by Gasteiger charge is 2.36. The summed E-state index contributed by atoms with van der Waals surface area (Å²) in [7, 11) is 0. The van der Waals surface area contributed by atoms with Crippen LogP contribution in [0, 0.1) is 5.92 Å². The lowest BCUT2D eigenvalue weighted by Gasteiger charge is -2.32. The third-order valence-corrected chi connectivity index (χ3v) is 4.03. The molecule has 3 heteroatoms. The molecule has 1 aromatic rings. The number of rotatable bonds is 6. The summed E-state index contributed by atoms with van der Waals surface area (Å²) in [6, 6.07) is 4.41. The molecule has 104 valence electrons. The van der Waals surface area contributed by atoms with Crippen molar-refractivity contribution in [3.05, 3.63) is 30.2 Å². The molecular weight excluding hydrogens is 238 g/mol. The van der Waals surface area contributed by atoms with E-state index >= 15 is 0 Å². The molecule has 2 atom stereocenters. The van der Waals surface area contributed by atoms with Crippen LogP contribution >= 0.6 is 0 Å². The van der Waals surface area contributed by atoms with Crippen molar-refractivity contribution in [2.75, 3.05) is 0 Å². The molecule has 2 unspecified atom stereocenters. The molecule has 0 aliphatic heterocycles. The normalized spacial score (nSPS) is 18.5. The fourth-order valence-electron chi connectivity index (χ4n) is 2.31. The van der Waals surface area contributed by atoms with Crippen LogP contribution in [0.15, 0.2) is 28.9 Å². The van der Waals surface area contributed by atoms with Crippen molar-refractivity contribution < 1.29 is 9.21 Å². The lowest BCUT2D eigenvalue weighted by atomic mass is 9.99. The molecule has 2 rings (SSSR count). The van der Waals surface area contributed by atoms with E-state index in [-0.39, 0.29) is 5.91 Å². The van der Waals surface area contributed by atoms with Gasteiger partial charge in [-0.3, -0.25) is 4.79 Å². The summed E-state index contributed by atoms with van der Waals surface area (Å²) in [5.74, 6) is 1.36. The van der Waals surface area contributed by atoms with E-state index < -0.39 is 0 Å². The number of hydrogen-bond acceptors (Lipinski definition) is 2. The van der Waals surface area contributed by atoms with Crippen LogP contribution in [0.1, 0.15) is 45.8 Å². The summed E-state index contributed by atoms with van der Waals surface area (Å²) < 4.78 is 5.21. The zero-order valence-corrected chi connectivity index (χ0v) is 12.0. The molecule has 1 saturated carbocycles. The summed E-state index contributed by atoms with van der Waals surface area (Å²) in [6.45, 7) is 6.55. The van der Waals surface area contributed by atoms with Gasteiger partial charge in [0.25, 0.3) is 0 Å². The quantitative estimate of drug-likeness (QED) is 0.731. The van der Waals surface area contributed by atoms with Crippen molar-refractivity contribution >= 4 is 12.0 Å². The molecule has 0 aromatic carbocycles. The lowest BCUT2D eigenvalue weighted by molar-refractivity contribution is -0.129. The number of hydrogen-bond donors (Lipinski definition) is 0. The topological polar surface area (TPSA) is 33.5 Å². The maximum Gasteiger partial charge on any atom is 0.247 e. The van der Waals surface area contributed by atoms with Crippen molar-refractivity contribution in [2.45, 2.75) is 52.1 Å². The minimum Gasteiger partial charge on any atom is -0.465 e. The highest BCUT2D eigenvalue weighted by Crippen LogP contribution is 2.31. The van der Waals surface area contributed by atoms with Crippen molar-refractivity contribution in [3.63, 3.8) is 0 Å². The predicted molar refractivity (Wildman–Crippen MR) is 76.5 cm³/mol. The first kappa shape index (κ1) is 13.9. The van der Waals surface area contributed by atoms with Gasteiger partial charge < -0.3 is 9.32 Å². The Bertz CT molecular complexity index is 432. The zero-order chi connectivity index (χ0) is 13.8. The Kier molecular flexibility index (Phi) is 4.46. The van der Waals surface area contributed by atoms with E-state index in [0.717, 1.165) is 25.0 Å². The molecule has 0 saturated heterocycles. The molecule has 3 nitrogen and oxygen atoms in total. The molecule has 19 heavy (non-hydrogen) atoms. The highest BCUT2D eigenvalue weighted by atomic mass is 16.3. The van der Waals surface area contributed by atoms with Crippen LogP contribution in [0.4, 0.5) is 0 Å². The van der Waals surface area contributed by atoms with Crippen LogP contribution in [-0.4, -0.2) is 22.9 Å². The monoisotopic (exact) mass is 261 g/mol. The van der Waals surface area contributed by atoms with Crippen LogP contribution in [0.3, 0.4) is 0 Å². The Morgan fingerprint density at radius 1 is 1.53 bits per heavy atom. The third kappa shape index (κ3) is 3.49. The fourth-order valence-corrected chi connectivity index (χ4v) is 2.31. The summed E-state index contributed by atoms with van der Waals surface area (Å²) in [5, 5.41) is 0. The molecule has 0 bridgehead atoms. The smallest absolute Gasteiger partial charge is 0.247 e. The standard InChI is InChI=1S/C16H23NO2/c1-4-12(2)13(3)17(14-7-8-14)16(18)10-9-15-6-5-11-19-15/h5-6,9-14H,4,7-8H2,1-3H3. The number of carbonyl (C=O) groups is 1.